The first kappa shape index (κ1) is 13.3. The molecule has 100 valence electrons. The first-order valence-electron chi connectivity index (χ1n) is 7.13. The zero-order chi connectivity index (χ0) is 12.4. The van der Waals surface area contributed by atoms with Gasteiger partial charge in [0.1, 0.15) is 0 Å². The third-order valence-corrected chi connectivity index (χ3v) is 3.48. The highest BCUT2D eigenvalue weighted by Gasteiger charge is 2.34. The molecule has 3 nitrogen and oxygen atoms in total. The molecular weight excluding hydrogens is 212 g/mol. The summed E-state index contributed by atoms with van der Waals surface area (Å²) in [6.07, 6.45) is 1.03. The van der Waals surface area contributed by atoms with E-state index in [1.165, 1.54) is 13.1 Å². The Bertz CT molecular complexity index is 206. The SMILES string of the molecule is CC(C)CN1CC(OC2CN(CC(C)C)C2)C1. The first-order valence-corrected chi connectivity index (χ1v) is 7.13. The Hall–Kier alpha value is -0.120. The molecule has 3 heteroatoms. The number of hydrogen-bond donors (Lipinski definition) is 0. The Morgan fingerprint density at radius 2 is 1.18 bits per heavy atom. The van der Waals surface area contributed by atoms with Gasteiger partial charge in [0.05, 0.1) is 12.2 Å². The summed E-state index contributed by atoms with van der Waals surface area (Å²) in [6.45, 7) is 16.2. The normalized spacial score (nSPS) is 24.4. The van der Waals surface area contributed by atoms with Gasteiger partial charge in [-0.3, -0.25) is 9.80 Å². The predicted molar refractivity (Wildman–Crippen MR) is 71.2 cm³/mol. The van der Waals surface area contributed by atoms with Crippen LogP contribution < -0.4 is 0 Å². The lowest BCUT2D eigenvalue weighted by Crippen LogP contribution is -2.60. The molecule has 2 saturated heterocycles. The molecule has 17 heavy (non-hydrogen) atoms. The second-order valence-corrected chi connectivity index (χ2v) is 6.60. The van der Waals surface area contributed by atoms with Crippen molar-refractivity contribution < 1.29 is 4.74 Å². The van der Waals surface area contributed by atoms with Gasteiger partial charge in [0.2, 0.25) is 0 Å². The largest absolute Gasteiger partial charge is 0.370 e. The fourth-order valence-electron chi connectivity index (χ4n) is 2.82. The van der Waals surface area contributed by atoms with Crippen molar-refractivity contribution in [2.45, 2.75) is 39.9 Å². The fraction of sp³-hybridized carbons (Fsp3) is 1.00. The van der Waals surface area contributed by atoms with E-state index in [0.717, 1.165) is 38.0 Å². The van der Waals surface area contributed by atoms with Crippen molar-refractivity contribution in [3.63, 3.8) is 0 Å². The summed E-state index contributed by atoms with van der Waals surface area (Å²) in [4.78, 5) is 5.00. The van der Waals surface area contributed by atoms with Gasteiger partial charge in [0.15, 0.2) is 0 Å². The average molecular weight is 240 g/mol. The Morgan fingerprint density at radius 1 is 0.824 bits per heavy atom. The highest BCUT2D eigenvalue weighted by atomic mass is 16.5. The molecule has 2 fully saturated rings. The fourth-order valence-corrected chi connectivity index (χ4v) is 2.82. The van der Waals surface area contributed by atoms with Gasteiger partial charge in [0, 0.05) is 39.3 Å². The Labute approximate surface area is 106 Å². The van der Waals surface area contributed by atoms with Crippen LogP contribution in [0.25, 0.3) is 0 Å². The van der Waals surface area contributed by atoms with Gasteiger partial charge in [-0.1, -0.05) is 27.7 Å². The van der Waals surface area contributed by atoms with Gasteiger partial charge in [-0.25, -0.2) is 0 Å². The molecule has 0 aromatic heterocycles. The Morgan fingerprint density at radius 3 is 1.47 bits per heavy atom. The van der Waals surface area contributed by atoms with Crippen molar-refractivity contribution in [2.24, 2.45) is 11.8 Å². The van der Waals surface area contributed by atoms with Gasteiger partial charge in [0.25, 0.3) is 0 Å². The minimum atomic E-state index is 0.514. The van der Waals surface area contributed by atoms with E-state index >= 15 is 0 Å². The Balaban J connectivity index is 1.51. The van der Waals surface area contributed by atoms with Gasteiger partial charge in [-0.2, -0.15) is 0 Å². The van der Waals surface area contributed by atoms with Crippen LogP contribution in [0, 0.1) is 11.8 Å². The van der Waals surface area contributed by atoms with E-state index in [1.54, 1.807) is 0 Å². The summed E-state index contributed by atoms with van der Waals surface area (Å²) in [5, 5.41) is 0. The molecule has 0 amide bonds. The summed E-state index contributed by atoms with van der Waals surface area (Å²) in [5.41, 5.74) is 0. The molecule has 0 saturated carbocycles. The van der Waals surface area contributed by atoms with Crippen LogP contribution in [0.15, 0.2) is 0 Å². The summed E-state index contributed by atoms with van der Waals surface area (Å²) in [7, 11) is 0. The molecule has 0 bridgehead atoms. The molecule has 2 aliphatic heterocycles. The summed E-state index contributed by atoms with van der Waals surface area (Å²) in [6, 6.07) is 0. The van der Waals surface area contributed by atoms with E-state index in [1.807, 2.05) is 0 Å². The van der Waals surface area contributed by atoms with E-state index in [0.29, 0.717) is 12.2 Å². The third-order valence-electron chi connectivity index (χ3n) is 3.48. The highest BCUT2D eigenvalue weighted by molar-refractivity contribution is 4.87. The van der Waals surface area contributed by atoms with E-state index in [2.05, 4.69) is 37.5 Å². The number of hydrogen-bond acceptors (Lipinski definition) is 3. The monoisotopic (exact) mass is 240 g/mol. The summed E-state index contributed by atoms with van der Waals surface area (Å²) < 4.78 is 6.06. The lowest BCUT2D eigenvalue weighted by molar-refractivity contribution is -0.141. The van der Waals surface area contributed by atoms with Crippen LogP contribution in [-0.2, 0) is 4.74 Å². The number of nitrogens with zero attached hydrogens (tertiary/aromatic N) is 2. The van der Waals surface area contributed by atoms with Crippen LogP contribution in [0.5, 0.6) is 0 Å². The molecule has 2 rings (SSSR count). The molecule has 0 radical (unpaired) electrons. The van der Waals surface area contributed by atoms with E-state index in [-0.39, 0.29) is 0 Å². The molecule has 0 aliphatic carbocycles. The second-order valence-electron chi connectivity index (χ2n) is 6.60. The number of ether oxygens (including phenoxy) is 1. The van der Waals surface area contributed by atoms with Crippen LogP contribution in [0.4, 0.5) is 0 Å². The predicted octanol–water partition coefficient (Wildman–Crippen LogP) is 1.68. The van der Waals surface area contributed by atoms with Gasteiger partial charge in [-0.15, -0.1) is 0 Å². The van der Waals surface area contributed by atoms with Crippen molar-refractivity contribution in [1.29, 1.82) is 0 Å². The van der Waals surface area contributed by atoms with Crippen molar-refractivity contribution >= 4 is 0 Å². The molecule has 0 aromatic rings. The number of rotatable bonds is 6. The topological polar surface area (TPSA) is 15.7 Å². The zero-order valence-electron chi connectivity index (χ0n) is 11.9. The van der Waals surface area contributed by atoms with Crippen molar-refractivity contribution in [1.82, 2.24) is 9.80 Å². The maximum absolute atomic E-state index is 6.06. The molecule has 0 atom stereocenters. The average Bonchev–Trinajstić information content (AvgIpc) is 2.08. The molecule has 2 heterocycles. The van der Waals surface area contributed by atoms with Gasteiger partial charge in [-0.05, 0) is 11.8 Å². The van der Waals surface area contributed by atoms with E-state index < -0.39 is 0 Å². The standard InChI is InChI=1S/C14H28N2O/c1-11(2)5-15-7-13(8-15)17-14-9-16(10-14)6-12(3)4/h11-14H,5-10H2,1-4H3. The van der Waals surface area contributed by atoms with Crippen LogP contribution >= 0.6 is 0 Å². The van der Waals surface area contributed by atoms with Crippen LogP contribution in [-0.4, -0.2) is 61.3 Å². The molecule has 0 aromatic carbocycles. The lowest BCUT2D eigenvalue weighted by Gasteiger charge is -2.46. The summed E-state index contributed by atoms with van der Waals surface area (Å²) >= 11 is 0. The van der Waals surface area contributed by atoms with Crippen molar-refractivity contribution in [3.8, 4) is 0 Å². The third kappa shape index (κ3) is 3.94. The molecule has 2 aliphatic rings. The summed E-state index contributed by atoms with van der Waals surface area (Å²) in [5.74, 6) is 1.56. The maximum atomic E-state index is 6.06. The molecule has 0 N–H and O–H groups in total. The van der Waals surface area contributed by atoms with Crippen LogP contribution in [0.1, 0.15) is 27.7 Å². The Kier molecular flexibility index (Phi) is 4.45. The number of likely N-dealkylation sites (tertiary alicyclic amines) is 2. The minimum Gasteiger partial charge on any atom is -0.370 e. The van der Waals surface area contributed by atoms with Crippen LogP contribution in [0.3, 0.4) is 0 Å². The van der Waals surface area contributed by atoms with E-state index in [4.69, 9.17) is 4.74 Å². The first-order chi connectivity index (χ1) is 8.02. The van der Waals surface area contributed by atoms with Crippen molar-refractivity contribution in [3.05, 3.63) is 0 Å². The second kappa shape index (κ2) is 5.68. The van der Waals surface area contributed by atoms with Crippen molar-refractivity contribution in [2.75, 3.05) is 39.3 Å². The minimum absolute atomic E-state index is 0.514. The zero-order valence-corrected chi connectivity index (χ0v) is 11.9. The van der Waals surface area contributed by atoms with Gasteiger partial charge < -0.3 is 4.74 Å². The highest BCUT2D eigenvalue weighted by Crippen LogP contribution is 2.20. The smallest absolute Gasteiger partial charge is 0.0833 e. The molecule has 0 spiro atoms. The van der Waals surface area contributed by atoms with Crippen LogP contribution in [0.2, 0.25) is 0 Å². The lowest BCUT2D eigenvalue weighted by atomic mass is 10.1. The molecular formula is C14H28N2O. The maximum Gasteiger partial charge on any atom is 0.0833 e. The molecule has 0 unspecified atom stereocenters. The quantitative estimate of drug-likeness (QED) is 0.702. The van der Waals surface area contributed by atoms with E-state index in [9.17, 15) is 0 Å². The van der Waals surface area contributed by atoms with Gasteiger partial charge >= 0.3 is 0 Å².